The molecule has 0 spiro atoms. The smallest absolute Gasteiger partial charge is 0.418 e. The normalized spacial score (nSPS) is 17.2. The molecule has 2 heterocycles. The summed E-state index contributed by atoms with van der Waals surface area (Å²) in [5, 5.41) is -0.151. The van der Waals surface area contributed by atoms with Crippen LogP contribution in [0.4, 0.5) is 18.9 Å². The van der Waals surface area contributed by atoms with Crippen LogP contribution in [0.25, 0.3) is 16.8 Å². The quantitative estimate of drug-likeness (QED) is 0.473. The van der Waals surface area contributed by atoms with Crippen LogP contribution in [-0.4, -0.2) is 34.6 Å². The fourth-order valence-electron chi connectivity index (χ4n) is 4.41. The van der Waals surface area contributed by atoms with Crippen LogP contribution in [0.5, 0.6) is 0 Å². The SMILES string of the molecule is CN1CCC(Cn2c(C([NH-])Cc3cc(Cl)c(N)c(C(F)(F)F)c3)nc3ccccc32)CC1. The standard InChI is InChI=1S/C23H26ClF3N5/c1-31-8-6-14(7-9-31)13-32-20-5-3-2-4-19(20)30-22(32)18(28)12-15-10-16(23(25,26)27)21(29)17(24)11-15/h2-5,10-11,14,18,28H,6-9,12-13,29H2,1H3/q-1. The highest BCUT2D eigenvalue weighted by Crippen LogP contribution is 2.39. The number of rotatable bonds is 5. The molecule has 3 N–H and O–H groups in total. The lowest BCUT2D eigenvalue weighted by Crippen LogP contribution is -2.32. The van der Waals surface area contributed by atoms with Crippen LogP contribution in [0.3, 0.4) is 0 Å². The Kier molecular flexibility index (Phi) is 6.38. The zero-order chi connectivity index (χ0) is 23.0. The number of hydrogen-bond acceptors (Lipinski definition) is 3. The van der Waals surface area contributed by atoms with Crippen LogP contribution in [0.2, 0.25) is 5.02 Å². The number of anilines is 1. The number of para-hydroxylation sites is 2. The molecule has 1 fully saturated rings. The third-order valence-corrected chi connectivity index (χ3v) is 6.52. The van der Waals surface area contributed by atoms with Crippen LogP contribution in [0.1, 0.15) is 35.8 Å². The van der Waals surface area contributed by atoms with E-state index in [4.69, 9.17) is 23.1 Å². The lowest BCUT2D eigenvalue weighted by Gasteiger charge is -2.31. The third-order valence-electron chi connectivity index (χ3n) is 6.21. The molecule has 0 aliphatic carbocycles. The zero-order valence-corrected chi connectivity index (χ0v) is 18.5. The fraction of sp³-hybridized carbons (Fsp3) is 0.435. The number of hydrogen-bond donors (Lipinski definition) is 1. The molecular weight excluding hydrogens is 439 g/mol. The van der Waals surface area contributed by atoms with Gasteiger partial charge in [0.1, 0.15) is 0 Å². The number of nitrogens with one attached hydrogen (secondary N) is 1. The largest absolute Gasteiger partial charge is 0.668 e. The average Bonchev–Trinajstić information content (AvgIpc) is 3.10. The van der Waals surface area contributed by atoms with Gasteiger partial charge in [-0.1, -0.05) is 29.8 Å². The molecule has 2 aromatic carbocycles. The second-order valence-electron chi connectivity index (χ2n) is 8.61. The molecule has 0 radical (unpaired) electrons. The number of alkyl halides is 3. The van der Waals surface area contributed by atoms with E-state index in [1.165, 1.54) is 6.07 Å². The van der Waals surface area contributed by atoms with E-state index in [0.717, 1.165) is 49.6 Å². The van der Waals surface area contributed by atoms with Crippen molar-refractivity contribution in [3.63, 3.8) is 0 Å². The minimum Gasteiger partial charge on any atom is -0.668 e. The summed E-state index contributed by atoms with van der Waals surface area (Å²) in [5.41, 5.74) is 14.9. The Labute approximate surface area is 190 Å². The highest BCUT2D eigenvalue weighted by atomic mass is 35.5. The molecular formula is C23H26ClF3N5-. The number of benzene rings is 2. The minimum atomic E-state index is -4.61. The van der Waals surface area contributed by atoms with Gasteiger partial charge in [-0.05, 0) is 75.1 Å². The molecule has 1 saturated heterocycles. The van der Waals surface area contributed by atoms with Gasteiger partial charge in [-0.2, -0.15) is 13.2 Å². The van der Waals surface area contributed by atoms with E-state index in [2.05, 4.69) is 21.5 Å². The first-order valence-electron chi connectivity index (χ1n) is 10.6. The molecule has 3 aromatic rings. The lowest BCUT2D eigenvalue weighted by atomic mass is 9.96. The Morgan fingerprint density at radius 2 is 1.91 bits per heavy atom. The first-order valence-corrected chi connectivity index (χ1v) is 11.0. The van der Waals surface area contributed by atoms with Crippen molar-refractivity contribution in [2.45, 2.75) is 38.0 Å². The van der Waals surface area contributed by atoms with Gasteiger partial charge in [0, 0.05) is 6.54 Å². The van der Waals surface area contributed by atoms with Gasteiger partial charge in [0.25, 0.3) is 0 Å². The summed E-state index contributed by atoms with van der Waals surface area (Å²) < 4.78 is 42.1. The maximum atomic E-state index is 13.4. The number of nitrogens with zero attached hydrogens (tertiary/aromatic N) is 3. The van der Waals surface area contributed by atoms with Gasteiger partial charge in [0.2, 0.25) is 0 Å². The molecule has 4 rings (SSSR count). The molecule has 172 valence electrons. The predicted molar refractivity (Wildman–Crippen MR) is 122 cm³/mol. The topological polar surface area (TPSA) is 70.9 Å². The van der Waals surface area contributed by atoms with Gasteiger partial charge >= 0.3 is 6.18 Å². The molecule has 1 aliphatic rings. The van der Waals surface area contributed by atoms with E-state index in [9.17, 15) is 13.2 Å². The molecule has 0 bridgehead atoms. The number of likely N-dealkylation sites (tertiary alicyclic amines) is 1. The van der Waals surface area contributed by atoms with E-state index in [-0.39, 0.29) is 11.4 Å². The van der Waals surface area contributed by atoms with Crippen LogP contribution < -0.4 is 5.73 Å². The van der Waals surface area contributed by atoms with Crippen molar-refractivity contribution in [3.8, 4) is 0 Å². The number of nitrogen functional groups attached to an aromatic ring is 1. The Bertz CT molecular complexity index is 1100. The maximum Gasteiger partial charge on any atom is 0.418 e. The number of imidazole rings is 1. The van der Waals surface area contributed by atoms with Crippen molar-refractivity contribution in [1.29, 1.82) is 0 Å². The molecule has 1 atom stereocenters. The number of piperidine rings is 1. The van der Waals surface area contributed by atoms with E-state index in [1.54, 1.807) is 0 Å². The number of nitrogens with two attached hydrogens (primary N) is 1. The summed E-state index contributed by atoms with van der Waals surface area (Å²) in [7, 11) is 2.11. The summed E-state index contributed by atoms with van der Waals surface area (Å²) in [4.78, 5) is 6.99. The molecule has 9 heteroatoms. The number of fused-ring (bicyclic) bond motifs is 1. The molecule has 1 aromatic heterocycles. The van der Waals surface area contributed by atoms with Crippen LogP contribution in [-0.2, 0) is 19.1 Å². The van der Waals surface area contributed by atoms with E-state index < -0.39 is 23.5 Å². The van der Waals surface area contributed by atoms with Crippen LogP contribution in [0, 0.1) is 5.92 Å². The predicted octanol–water partition coefficient (Wildman–Crippen LogP) is 5.97. The van der Waals surface area contributed by atoms with Crippen molar-refractivity contribution >= 4 is 28.3 Å². The second kappa shape index (κ2) is 8.92. The second-order valence-corrected chi connectivity index (χ2v) is 9.02. The van der Waals surface area contributed by atoms with E-state index >= 15 is 0 Å². The summed E-state index contributed by atoms with van der Waals surface area (Å²) in [5.74, 6) is 1.03. The lowest BCUT2D eigenvalue weighted by molar-refractivity contribution is -0.136. The Morgan fingerprint density at radius 1 is 1.22 bits per heavy atom. The van der Waals surface area contributed by atoms with Crippen molar-refractivity contribution < 1.29 is 13.2 Å². The fourth-order valence-corrected chi connectivity index (χ4v) is 4.65. The molecule has 5 nitrogen and oxygen atoms in total. The molecule has 0 saturated carbocycles. The summed E-state index contributed by atoms with van der Waals surface area (Å²) in [6.07, 6.45) is -2.43. The molecule has 32 heavy (non-hydrogen) atoms. The van der Waals surface area contributed by atoms with Gasteiger partial charge < -0.3 is 20.9 Å². The van der Waals surface area contributed by atoms with Gasteiger partial charge in [-0.3, -0.25) is 0 Å². The van der Waals surface area contributed by atoms with Gasteiger partial charge in [-0.15, -0.1) is 0 Å². The molecule has 0 amide bonds. The number of aromatic nitrogens is 2. The highest BCUT2D eigenvalue weighted by Gasteiger charge is 2.34. The number of halogens is 4. The van der Waals surface area contributed by atoms with Crippen molar-refractivity contribution in [1.82, 2.24) is 14.5 Å². The first-order chi connectivity index (χ1) is 15.1. The van der Waals surface area contributed by atoms with E-state index in [1.807, 2.05) is 24.3 Å². The summed E-state index contributed by atoms with van der Waals surface area (Å²) in [6.45, 7) is 2.80. The van der Waals surface area contributed by atoms with Gasteiger partial charge in [-0.25, -0.2) is 4.98 Å². The van der Waals surface area contributed by atoms with Crippen LogP contribution in [0.15, 0.2) is 36.4 Å². The van der Waals surface area contributed by atoms with Crippen molar-refractivity contribution in [2.24, 2.45) is 5.92 Å². The Morgan fingerprint density at radius 3 is 2.59 bits per heavy atom. The molecule has 1 unspecified atom stereocenters. The summed E-state index contributed by atoms with van der Waals surface area (Å²) in [6, 6.07) is 9.29. The Hall–Kier alpha value is -2.29. The zero-order valence-electron chi connectivity index (χ0n) is 17.8. The maximum absolute atomic E-state index is 13.4. The van der Waals surface area contributed by atoms with Crippen LogP contribution >= 0.6 is 11.6 Å². The minimum absolute atomic E-state index is 0.0554. The Balaban J connectivity index is 1.65. The van der Waals surface area contributed by atoms with Gasteiger partial charge in [0.15, 0.2) is 0 Å². The third kappa shape index (κ3) is 4.72. The van der Waals surface area contributed by atoms with Gasteiger partial charge in [0.05, 0.1) is 33.1 Å². The van der Waals surface area contributed by atoms with Crippen molar-refractivity contribution in [2.75, 3.05) is 25.9 Å². The average molecular weight is 465 g/mol. The first kappa shape index (κ1) is 22.9. The van der Waals surface area contributed by atoms with E-state index in [0.29, 0.717) is 17.3 Å². The molecule has 1 aliphatic heterocycles. The monoisotopic (exact) mass is 464 g/mol. The highest BCUT2D eigenvalue weighted by molar-refractivity contribution is 6.33. The summed E-state index contributed by atoms with van der Waals surface area (Å²) >= 11 is 5.98. The van der Waals surface area contributed by atoms with Crippen molar-refractivity contribution in [3.05, 3.63) is 64.1 Å².